The van der Waals surface area contributed by atoms with E-state index in [9.17, 15) is 68.7 Å². The van der Waals surface area contributed by atoms with Gasteiger partial charge in [-0.1, -0.05) is 44.2 Å². The number of carbonyl (C=O) groups is 9. The van der Waals surface area contributed by atoms with Crippen LogP contribution in [0, 0.1) is 5.92 Å². The molecule has 2 saturated heterocycles. The molecule has 0 bridgehead atoms. The molecule has 80 heavy (non-hydrogen) atoms. The summed E-state index contributed by atoms with van der Waals surface area (Å²) in [4.78, 5) is 133. The zero-order valence-corrected chi connectivity index (χ0v) is 45.5. The molecular formula is C53H77N13O14. The lowest BCUT2D eigenvalue weighted by Gasteiger charge is -2.33. The molecule has 5 rings (SSSR count). The fraction of sp³-hybridized carbons (Fsp3) is 0.547. The molecule has 12 atom stereocenters. The summed E-state index contributed by atoms with van der Waals surface area (Å²) in [5.41, 5.74) is 19.4. The molecule has 0 unspecified atom stereocenters. The minimum absolute atomic E-state index is 0.0298. The summed E-state index contributed by atoms with van der Waals surface area (Å²) in [5, 5.41) is 68.1. The summed E-state index contributed by atoms with van der Waals surface area (Å²) in [6.45, 7) is 6.86. The number of carboxylic acid groups (broad SMARTS) is 1. The van der Waals surface area contributed by atoms with E-state index in [1.54, 1.807) is 20.0 Å². The first-order chi connectivity index (χ1) is 37.8. The van der Waals surface area contributed by atoms with Crippen LogP contribution in [-0.4, -0.2) is 192 Å². The van der Waals surface area contributed by atoms with E-state index in [1.165, 1.54) is 49.9 Å². The number of benzene rings is 2. The predicted molar refractivity (Wildman–Crippen MR) is 290 cm³/mol. The summed E-state index contributed by atoms with van der Waals surface area (Å²) in [5.74, 6) is -9.14. The van der Waals surface area contributed by atoms with E-state index in [2.05, 4.69) is 41.9 Å². The third kappa shape index (κ3) is 16.8. The number of aliphatic carboxylic acids is 1. The average molecular weight is 1120 g/mol. The number of aliphatic hydroxyl groups is 3. The first-order valence-corrected chi connectivity index (χ1v) is 26.6. The van der Waals surface area contributed by atoms with Crippen molar-refractivity contribution in [1.82, 2.24) is 46.7 Å². The Labute approximate surface area is 462 Å². The van der Waals surface area contributed by atoms with Gasteiger partial charge in [0, 0.05) is 43.2 Å². The number of amides is 8. The number of para-hydroxylation sites is 1. The number of phenolic OH excluding ortho intramolecular Hbond substituents is 1. The average Bonchev–Trinajstić information content (AvgIpc) is 4.20. The van der Waals surface area contributed by atoms with Crippen molar-refractivity contribution in [3.63, 3.8) is 0 Å². The highest BCUT2D eigenvalue weighted by atomic mass is 16.4. The van der Waals surface area contributed by atoms with Crippen LogP contribution in [0.5, 0.6) is 5.75 Å². The summed E-state index contributed by atoms with van der Waals surface area (Å²) in [6, 6.07) is 0.342. The third-order valence-electron chi connectivity index (χ3n) is 14.1. The molecule has 2 fully saturated rings. The smallest absolute Gasteiger partial charge is 0.326 e. The van der Waals surface area contributed by atoms with Crippen molar-refractivity contribution >= 4 is 70.1 Å². The van der Waals surface area contributed by atoms with Gasteiger partial charge in [0.15, 0.2) is 5.96 Å². The van der Waals surface area contributed by atoms with Gasteiger partial charge in [-0.05, 0) is 101 Å². The second-order valence-corrected chi connectivity index (χ2v) is 20.7. The normalized spacial score (nSPS) is 19.0. The number of nitrogens with one attached hydrogen (secondary N) is 7. The molecule has 438 valence electrons. The Morgan fingerprint density at radius 3 is 1.74 bits per heavy atom. The standard InChI is InChI=1S/C53H77N13O14/c1-26(2)40(52(79)80)61-46(73)38-14-9-21-65(38)50(77)36(13-8-20-57-53(55)56)59-48(75)41(27(3)67)63-47(74)39-15-10-22-66(39)51(78)43(29(5)69)64-49(76)42(28(4)68)62-45(72)37(23-30-16-18-32(70)19-17-30)60-44(71)34(54)24-31-25-58-35-12-7-6-11-33(31)35/h6-7,11-12,16-19,25-29,34,36-43,58,67-70H,8-10,13-15,20-24,54H2,1-5H3,(H,59,75)(H,60,71)(H,61,73)(H,62,72)(H,63,74)(H,64,76)(H,79,80)(H4,55,56,57)/t27-,28-,29-,34+,36+,37+,38+,39+,40+,41+,42+,43+/m1/s1. The number of phenols is 1. The number of aliphatic hydroxyl groups excluding tert-OH is 3. The van der Waals surface area contributed by atoms with E-state index in [4.69, 9.17) is 17.2 Å². The Morgan fingerprint density at radius 1 is 0.650 bits per heavy atom. The van der Waals surface area contributed by atoms with Crippen LogP contribution < -0.4 is 49.1 Å². The van der Waals surface area contributed by atoms with Crippen molar-refractivity contribution in [3.8, 4) is 5.75 Å². The molecule has 2 aliphatic rings. The highest BCUT2D eigenvalue weighted by Crippen LogP contribution is 2.24. The number of guanidine groups is 1. The molecule has 3 heterocycles. The van der Waals surface area contributed by atoms with Crippen LogP contribution in [0.2, 0.25) is 0 Å². The highest BCUT2D eigenvalue weighted by molar-refractivity contribution is 5.99. The van der Waals surface area contributed by atoms with Gasteiger partial charge in [0.2, 0.25) is 47.3 Å². The van der Waals surface area contributed by atoms with Gasteiger partial charge < -0.3 is 89.4 Å². The molecule has 0 saturated carbocycles. The van der Waals surface area contributed by atoms with Crippen molar-refractivity contribution in [2.75, 3.05) is 19.6 Å². The number of nitrogens with zero attached hydrogens (tertiary/aromatic N) is 3. The zero-order chi connectivity index (χ0) is 59.1. The van der Waals surface area contributed by atoms with E-state index in [0.717, 1.165) is 21.4 Å². The van der Waals surface area contributed by atoms with Crippen LogP contribution in [0.3, 0.4) is 0 Å². The Bertz CT molecular complexity index is 2710. The summed E-state index contributed by atoms with van der Waals surface area (Å²) in [7, 11) is 0. The first-order valence-electron chi connectivity index (χ1n) is 26.6. The second-order valence-electron chi connectivity index (χ2n) is 20.7. The van der Waals surface area contributed by atoms with E-state index in [-0.39, 0.29) is 76.3 Å². The van der Waals surface area contributed by atoms with Crippen LogP contribution in [0.4, 0.5) is 0 Å². The van der Waals surface area contributed by atoms with Gasteiger partial charge in [0.05, 0.1) is 24.4 Å². The lowest BCUT2D eigenvalue weighted by atomic mass is 10.0. The number of aromatic amines is 1. The maximum Gasteiger partial charge on any atom is 0.326 e. The van der Waals surface area contributed by atoms with Crippen molar-refractivity contribution in [3.05, 3.63) is 65.9 Å². The SMILES string of the molecule is CC(C)[C@H](NC(=O)[C@@H]1CCCN1C(=O)[C@H](CCCN=C(N)N)NC(=O)[C@@H](NC(=O)[C@@H]1CCCN1C(=O)[C@@H](NC(=O)[C@@H](NC(=O)[C@H](Cc1ccc(O)cc1)NC(=O)[C@@H](N)Cc1c[nH]c2ccccc12)[C@@H](C)O)[C@@H](C)O)[C@@H](C)O)C(=O)O. The predicted octanol–water partition coefficient (Wildman–Crippen LogP) is -3.19. The number of aliphatic imine (C=N–C) groups is 1. The molecule has 27 heteroatoms. The summed E-state index contributed by atoms with van der Waals surface area (Å²) in [6.07, 6.45) is -2.29. The van der Waals surface area contributed by atoms with Gasteiger partial charge >= 0.3 is 5.97 Å². The topological polar surface area (TPSA) is 440 Å². The maximum atomic E-state index is 14.3. The summed E-state index contributed by atoms with van der Waals surface area (Å²) >= 11 is 0. The Morgan fingerprint density at radius 2 is 1.18 bits per heavy atom. The number of aromatic hydroxyl groups is 1. The number of fused-ring (bicyclic) bond motifs is 1. The summed E-state index contributed by atoms with van der Waals surface area (Å²) < 4.78 is 0. The molecule has 3 aromatic rings. The Kier molecular flexibility index (Phi) is 22.7. The van der Waals surface area contributed by atoms with Gasteiger partial charge in [-0.2, -0.15) is 0 Å². The number of nitrogens with two attached hydrogens (primary N) is 3. The molecular weight excluding hydrogens is 1040 g/mol. The van der Waals surface area contributed by atoms with Gasteiger partial charge in [0.25, 0.3) is 0 Å². The molecule has 0 spiro atoms. The molecule has 27 nitrogen and oxygen atoms in total. The van der Waals surface area contributed by atoms with Crippen molar-refractivity contribution in [1.29, 1.82) is 0 Å². The van der Waals surface area contributed by atoms with E-state index >= 15 is 0 Å². The van der Waals surface area contributed by atoms with Crippen molar-refractivity contribution in [2.45, 2.75) is 159 Å². The van der Waals surface area contributed by atoms with Gasteiger partial charge in [-0.25, -0.2) is 4.79 Å². The quantitative estimate of drug-likeness (QED) is 0.0203. The molecule has 0 aliphatic carbocycles. The Hall–Kier alpha value is -7.88. The Balaban J connectivity index is 1.28. The van der Waals surface area contributed by atoms with E-state index in [1.807, 2.05) is 24.3 Å². The molecule has 1 aromatic heterocycles. The fourth-order valence-corrected chi connectivity index (χ4v) is 9.70. The number of carboxylic acids is 1. The number of hydrogen-bond donors (Lipinski definition) is 15. The molecule has 0 radical (unpaired) electrons. The fourth-order valence-electron chi connectivity index (χ4n) is 9.70. The second kappa shape index (κ2) is 28.8. The van der Waals surface area contributed by atoms with Crippen LogP contribution in [0.1, 0.15) is 84.3 Å². The van der Waals surface area contributed by atoms with Crippen LogP contribution in [0.25, 0.3) is 10.9 Å². The van der Waals surface area contributed by atoms with Crippen molar-refractivity contribution in [2.24, 2.45) is 28.1 Å². The molecule has 2 aromatic carbocycles. The number of carbonyl (C=O) groups excluding carboxylic acids is 8. The monoisotopic (exact) mass is 1120 g/mol. The van der Waals surface area contributed by atoms with E-state index in [0.29, 0.717) is 12.0 Å². The third-order valence-corrected chi connectivity index (χ3v) is 14.1. The highest BCUT2D eigenvalue weighted by Gasteiger charge is 2.44. The van der Waals surface area contributed by atoms with Crippen LogP contribution >= 0.6 is 0 Å². The van der Waals surface area contributed by atoms with Crippen LogP contribution in [-0.2, 0) is 56.0 Å². The van der Waals surface area contributed by atoms with Crippen molar-refractivity contribution < 1.29 is 68.7 Å². The lowest BCUT2D eigenvalue weighted by molar-refractivity contribution is -0.146. The number of likely N-dealkylation sites (tertiary alicyclic amines) is 2. The lowest BCUT2D eigenvalue weighted by Crippen LogP contribution is -2.63. The number of H-pyrrole nitrogens is 1. The number of rotatable bonds is 27. The molecule has 18 N–H and O–H groups in total. The zero-order valence-electron chi connectivity index (χ0n) is 45.5. The number of hydrogen-bond acceptors (Lipinski definition) is 15. The first kappa shape index (κ1) is 63.0. The van der Waals surface area contributed by atoms with E-state index < -0.39 is 132 Å². The molecule has 8 amide bonds. The minimum Gasteiger partial charge on any atom is -0.508 e. The van der Waals surface area contributed by atoms with Gasteiger partial charge in [-0.3, -0.25) is 43.3 Å². The largest absolute Gasteiger partial charge is 0.508 e. The number of aromatic nitrogens is 1. The van der Waals surface area contributed by atoms with Crippen LogP contribution in [0.15, 0.2) is 59.7 Å². The maximum absolute atomic E-state index is 14.3. The minimum atomic E-state index is -1.79. The van der Waals surface area contributed by atoms with Gasteiger partial charge in [0.1, 0.15) is 54.1 Å². The van der Waals surface area contributed by atoms with Gasteiger partial charge in [-0.15, -0.1) is 0 Å². The molecule has 2 aliphatic heterocycles.